The van der Waals surface area contributed by atoms with Gasteiger partial charge in [0.2, 0.25) is 0 Å². The number of halogens is 1. The summed E-state index contributed by atoms with van der Waals surface area (Å²) in [7, 11) is 1.76. The minimum atomic E-state index is -0.973. The summed E-state index contributed by atoms with van der Waals surface area (Å²) >= 11 is 7.35. The Morgan fingerprint density at radius 3 is 2.83 bits per heavy atom. The Hall–Kier alpha value is -0.0500. The van der Waals surface area contributed by atoms with E-state index in [9.17, 15) is 10.2 Å². The normalized spacial score (nSPS) is 39.7. The van der Waals surface area contributed by atoms with E-state index in [1.807, 2.05) is 6.92 Å². The van der Waals surface area contributed by atoms with Gasteiger partial charge in [0.15, 0.2) is 5.17 Å². The molecule has 2 heterocycles. The van der Waals surface area contributed by atoms with Crippen LogP contribution in [0.15, 0.2) is 4.99 Å². The molecule has 0 aromatic heterocycles. The third-order valence-corrected chi connectivity index (χ3v) is 4.63. The average molecular weight is 296 g/mol. The summed E-state index contributed by atoms with van der Waals surface area (Å²) < 4.78 is 7.30. The lowest BCUT2D eigenvalue weighted by molar-refractivity contribution is -0.154. The number of ether oxygens (including phenoxy) is 1. The number of likely N-dealkylation sites (N-methyl/N-ethyl adjacent to an activating group) is 1. The van der Waals surface area contributed by atoms with Gasteiger partial charge in [-0.25, -0.2) is 4.42 Å². The summed E-state index contributed by atoms with van der Waals surface area (Å²) in [5.41, 5.74) is -0.266. The number of fused-ring (bicyclic) bond motifs is 1. The summed E-state index contributed by atoms with van der Waals surface area (Å²) in [5.74, 6) is 0. The molecule has 0 radical (unpaired) electrons. The second-order valence-electron chi connectivity index (χ2n) is 4.28. The number of hydrogen-bond donors (Lipinski definition) is 3. The maximum Gasteiger partial charge on any atom is 0.159 e. The monoisotopic (exact) mass is 295 g/mol. The number of nitrogens with zero attached hydrogens (tertiary/aromatic N) is 2. The number of hydrogen-bond acceptors (Lipinski definition) is 7. The van der Waals surface area contributed by atoms with Gasteiger partial charge in [-0.05, 0) is 11.8 Å². The number of aliphatic imine (C=N–C) groups is 1. The molecule has 0 aromatic rings. The molecule has 3 N–H and O–H groups in total. The van der Waals surface area contributed by atoms with Crippen LogP contribution in [0.4, 0.5) is 0 Å². The molecule has 0 amide bonds. The number of aliphatic hydroxyl groups is 2. The molecule has 2 rings (SSSR count). The van der Waals surface area contributed by atoms with E-state index >= 15 is 0 Å². The van der Waals surface area contributed by atoms with Crippen LogP contribution in [0.25, 0.3) is 0 Å². The lowest BCUT2D eigenvalue weighted by atomic mass is 9.98. The lowest BCUT2D eigenvalue weighted by Crippen LogP contribution is -2.57. The van der Waals surface area contributed by atoms with Crippen LogP contribution < -0.4 is 5.32 Å². The topological polar surface area (TPSA) is 77.3 Å². The molecule has 1 fully saturated rings. The smallest absolute Gasteiger partial charge is 0.159 e. The summed E-state index contributed by atoms with van der Waals surface area (Å²) in [6, 6.07) is -0.422. The fourth-order valence-corrected chi connectivity index (χ4v) is 3.24. The van der Waals surface area contributed by atoms with Crippen molar-refractivity contribution in [3.05, 3.63) is 0 Å². The maximum absolute atomic E-state index is 10.1. The SMILES string of the molecule is CCN(Cl)C[C@H]1O[C@@H]2SC(NC)=N[C@@H]2[C@@H](O)[C@@H]1O. The highest BCUT2D eigenvalue weighted by molar-refractivity contribution is 8.14. The van der Waals surface area contributed by atoms with Crippen molar-refractivity contribution in [2.75, 3.05) is 20.1 Å². The highest BCUT2D eigenvalue weighted by Gasteiger charge is 2.48. The zero-order valence-electron chi connectivity index (χ0n) is 10.3. The largest absolute Gasteiger partial charge is 0.388 e. The van der Waals surface area contributed by atoms with Gasteiger partial charge in [-0.3, -0.25) is 4.99 Å². The van der Waals surface area contributed by atoms with Gasteiger partial charge in [-0.2, -0.15) is 0 Å². The Morgan fingerprint density at radius 1 is 1.50 bits per heavy atom. The fourth-order valence-electron chi connectivity index (χ4n) is 2.03. The summed E-state index contributed by atoms with van der Waals surface area (Å²) in [4.78, 5) is 4.28. The minimum Gasteiger partial charge on any atom is -0.388 e. The quantitative estimate of drug-likeness (QED) is 0.615. The van der Waals surface area contributed by atoms with Crippen molar-refractivity contribution in [2.45, 2.75) is 36.7 Å². The van der Waals surface area contributed by atoms with Crippen LogP contribution in [-0.4, -0.2) is 69.7 Å². The third-order valence-electron chi connectivity index (χ3n) is 3.10. The van der Waals surface area contributed by atoms with Crippen LogP contribution in [0.1, 0.15) is 6.92 Å². The van der Waals surface area contributed by atoms with Crippen molar-refractivity contribution in [3.8, 4) is 0 Å². The number of nitrogens with one attached hydrogen (secondary N) is 1. The Balaban J connectivity index is 2.03. The summed E-state index contributed by atoms with van der Waals surface area (Å²) in [6.45, 7) is 2.92. The Bertz CT molecular complexity index is 333. The van der Waals surface area contributed by atoms with E-state index in [0.717, 1.165) is 5.17 Å². The van der Waals surface area contributed by atoms with Gasteiger partial charge in [0.1, 0.15) is 29.8 Å². The molecule has 5 atom stereocenters. The molecule has 0 spiro atoms. The molecular weight excluding hydrogens is 278 g/mol. The van der Waals surface area contributed by atoms with Gasteiger partial charge in [0.25, 0.3) is 0 Å². The highest BCUT2D eigenvalue weighted by Crippen LogP contribution is 2.35. The van der Waals surface area contributed by atoms with Gasteiger partial charge in [-0.1, -0.05) is 18.7 Å². The molecule has 0 unspecified atom stereocenters. The molecule has 0 saturated carbocycles. The van der Waals surface area contributed by atoms with E-state index in [4.69, 9.17) is 16.5 Å². The number of rotatable bonds is 3. The standard InChI is InChI=1S/C10H18ClN3O3S/c1-3-14(11)4-5-7(15)8(16)6-9(17-5)18-10(12-2)13-6/h5-9,15-16H,3-4H2,1-2H3,(H,12,13)/t5-,6-,7-,8-,9-/m1/s1. The lowest BCUT2D eigenvalue weighted by Gasteiger charge is -2.39. The van der Waals surface area contributed by atoms with Gasteiger partial charge in [0, 0.05) is 20.1 Å². The van der Waals surface area contributed by atoms with Crippen molar-refractivity contribution in [3.63, 3.8) is 0 Å². The Kier molecular flexibility index (Phi) is 4.74. The second kappa shape index (κ2) is 5.94. The molecule has 1 saturated heterocycles. The first-order chi connectivity index (χ1) is 8.56. The van der Waals surface area contributed by atoms with Crippen LogP contribution in [0.3, 0.4) is 0 Å². The van der Waals surface area contributed by atoms with Crippen molar-refractivity contribution in [1.29, 1.82) is 0 Å². The predicted octanol–water partition coefficient (Wildman–Crippen LogP) is -0.400. The maximum atomic E-state index is 10.1. The molecule has 2 aliphatic heterocycles. The van der Waals surface area contributed by atoms with Crippen LogP contribution in [0.5, 0.6) is 0 Å². The molecule has 18 heavy (non-hydrogen) atoms. The van der Waals surface area contributed by atoms with Crippen LogP contribution >= 0.6 is 23.5 Å². The summed E-state index contributed by atoms with van der Waals surface area (Å²) in [5, 5.41) is 23.7. The van der Waals surface area contributed by atoms with E-state index in [-0.39, 0.29) is 5.44 Å². The Labute approximate surface area is 115 Å². The average Bonchev–Trinajstić information content (AvgIpc) is 2.78. The number of thioether (sulfide) groups is 1. The van der Waals surface area contributed by atoms with Crippen LogP contribution in [-0.2, 0) is 4.74 Å². The van der Waals surface area contributed by atoms with E-state index < -0.39 is 24.4 Å². The minimum absolute atomic E-state index is 0.266. The van der Waals surface area contributed by atoms with E-state index in [1.165, 1.54) is 16.2 Å². The first-order valence-corrected chi connectivity index (χ1v) is 7.13. The summed E-state index contributed by atoms with van der Waals surface area (Å²) in [6.07, 6.45) is -2.40. The zero-order valence-corrected chi connectivity index (χ0v) is 11.9. The molecule has 0 bridgehead atoms. The van der Waals surface area contributed by atoms with Gasteiger partial charge < -0.3 is 20.3 Å². The molecule has 6 nitrogen and oxygen atoms in total. The molecule has 2 aliphatic rings. The van der Waals surface area contributed by atoms with Crippen molar-refractivity contribution < 1.29 is 14.9 Å². The molecule has 0 aromatic carbocycles. The second-order valence-corrected chi connectivity index (χ2v) is 5.84. The molecule has 104 valence electrons. The van der Waals surface area contributed by atoms with E-state index in [0.29, 0.717) is 13.1 Å². The van der Waals surface area contributed by atoms with Gasteiger partial charge in [0.05, 0.1) is 0 Å². The number of amidine groups is 1. The number of aliphatic hydroxyl groups excluding tert-OH is 2. The molecule has 0 aliphatic carbocycles. The van der Waals surface area contributed by atoms with Crippen LogP contribution in [0.2, 0.25) is 0 Å². The molecular formula is C10H18ClN3O3S. The predicted molar refractivity (Wildman–Crippen MR) is 71.6 cm³/mol. The van der Waals surface area contributed by atoms with Crippen LogP contribution in [0, 0.1) is 0 Å². The van der Waals surface area contributed by atoms with Crippen molar-refractivity contribution in [2.24, 2.45) is 4.99 Å². The van der Waals surface area contributed by atoms with Crippen molar-refractivity contribution >= 4 is 28.7 Å². The van der Waals surface area contributed by atoms with Gasteiger partial charge >= 0.3 is 0 Å². The first kappa shape index (κ1) is 14.4. The molecule has 8 heteroatoms. The van der Waals surface area contributed by atoms with E-state index in [1.54, 1.807) is 7.05 Å². The fraction of sp³-hybridized carbons (Fsp3) is 0.900. The highest BCUT2D eigenvalue weighted by atomic mass is 35.5. The third kappa shape index (κ3) is 2.76. The Morgan fingerprint density at radius 2 is 2.22 bits per heavy atom. The zero-order chi connectivity index (χ0) is 13.3. The van der Waals surface area contributed by atoms with Gasteiger partial charge in [-0.15, -0.1) is 0 Å². The first-order valence-electron chi connectivity index (χ1n) is 5.91. The van der Waals surface area contributed by atoms with Crippen molar-refractivity contribution in [1.82, 2.24) is 9.74 Å². The van der Waals surface area contributed by atoms with E-state index in [2.05, 4.69) is 10.3 Å².